The van der Waals surface area contributed by atoms with Crippen molar-refractivity contribution in [1.29, 1.82) is 0 Å². The predicted octanol–water partition coefficient (Wildman–Crippen LogP) is 1.98. The van der Waals surface area contributed by atoms with Crippen LogP contribution in [0.1, 0.15) is 24.5 Å². The van der Waals surface area contributed by atoms with Crippen LogP contribution >= 0.6 is 0 Å². The molecular formula is C15H22N2O. The first kappa shape index (κ1) is 11.8. The molecule has 3 nitrogen and oxygen atoms in total. The van der Waals surface area contributed by atoms with Crippen LogP contribution < -0.4 is 15.0 Å². The molecule has 1 atom stereocenters. The molecule has 0 fully saturated rings. The summed E-state index contributed by atoms with van der Waals surface area (Å²) in [5.74, 6) is 1.08. The van der Waals surface area contributed by atoms with Crippen LogP contribution in [-0.4, -0.2) is 32.8 Å². The van der Waals surface area contributed by atoms with E-state index in [0.717, 1.165) is 44.6 Å². The van der Waals surface area contributed by atoms with Crippen molar-refractivity contribution in [1.82, 2.24) is 5.32 Å². The number of benzene rings is 1. The number of rotatable bonds is 1. The Bertz CT molecular complexity index is 444. The number of anilines is 1. The van der Waals surface area contributed by atoms with E-state index in [-0.39, 0.29) is 0 Å². The molecule has 0 radical (unpaired) electrons. The van der Waals surface area contributed by atoms with Gasteiger partial charge in [0.25, 0.3) is 0 Å². The fourth-order valence-electron chi connectivity index (χ4n) is 2.92. The van der Waals surface area contributed by atoms with E-state index >= 15 is 0 Å². The molecule has 98 valence electrons. The monoisotopic (exact) mass is 246 g/mol. The van der Waals surface area contributed by atoms with Crippen LogP contribution in [0.5, 0.6) is 5.75 Å². The molecule has 1 aromatic rings. The normalized spacial score (nSPS) is 22.8. The lowest BCUT2D eigenvalue weighted by molar-refractivity contribution is 0.191. The second-order valence-electron chi connectivity index (χ2n) is 5.37. The van der Waals surface area contributed by atoms with Crippen molar-refractivity contribution in [2.24, 2.45) is 0 Å². The molecule has 18 heavy (non-hydrogen) atoms. The molecule has 2 heterocycles. The van der Waals surface area contributed by atoms with Crippen LogP contribution in [0, 0.1) is 0 Å². The van der Waals surface area contributed by atoms with E-state index in [1.165, 1.54) is 16.8 Å². The van der Waals surface area contributed by atoms with Gasteiger partial charge in [0, 0.05) is 7.05 Å². The first-order valence-electron chi connectivity index (χ1n) is 7.02. The molecule has 0 saturated heterocycles. The van der Waals surface area contributed by atoms with E-state index < -0.39 is 0 Å². The Hall–Kier alpha value is -1.22. The zero-order valence-electron chi connectivity index (χ0n) is 11.3. The van der Waals surface area contributed by atoms with Crippen molar-refractivity contribution < 1.29 is 4.74 Å². The van der Waals surface area contributed by atoms with Gasteiger partial charge in [0.15, 0.2) is 0 Å². The molecule has 1 aromatic carbocycles. The number of hydrogen-bond acceptors (Lipinski definition) is 3. The van der Waals surface area contributed by atoms with Crippen molar-refractivity contribution in [3.05, 3.63) is 23.3 Å². The number of fused-ring (bicyclic) bond motifs is 2. The third-order valence-electron chi connectivity index (χ3n) is 4.06. The lowest BCUT2D eigenvalue weighted by Gasteiger charge is -2.34. The fourth-order valence-corrected chi connectivity index (χ4v) is 2.92. The molecular weight excluding hydrogens is 224 g/mol. The minimum absolute atomic E-state index is 0.337. The first-order chi connectivity index (χ1) is 8.78. The molecule has 0 bridgehead atoms. The van der Waals surface area contributed by atoms with Gasteiger partial charge in [-0.1, -0.05) is 6.92 Å². The number of likely N-dealkylation sites (N-methyl/N-ethyl adjacent to an activating group) is 1. The zero-order valence-corrected chi connectivity index (χ0v) is 11.3. The Morgan fingerprint density at radius 2 is 2.00 bits per heavy atom. The predicted molar refractivity (Wildman–Crippen MR) is 74.7 cm³/mol. The van der Waals surface area contributed by atoms with Crippen molar-refractivity contribution >= 4 is 5.69 Å². The summed E-state index contributed by atoms with van der Waals surface area (Å²) in [7, 11) is 2.17. The Labute approximate surface area is 109 Å². The van der Waals surface area contributed by atoms with E-state index in [9.17, 15) is 0 Å². The summed E-state index contributed by atoms with van der Waals surface area (Å²) in [4.78, 5) is 2.34. The summed E-state index contributed by atoms with van der Waals surface area (Å²) in [5.41, 5.74) is 4.22. The summed E-state index contributed by atoms with van der Waals surface area (Å²) in [6, 6.07) is 4.61. The highest BCUT2D eigenvalue weighted by Crippen LogP contribution is 2.36. The highest BCUT2D eigenvalue weighted by molar-refractivity contribution is 5.63. The van der Waals surface area contributed by atoms with Gasteiger partial charge >= 0.3 is 0 Å². The van der Waals surface area contributed by atoms with Gasteiger partial charge in [0.2, 0.25) is 0 Å². The van der Waals surface area contributed by atoms with E-state index in [2.05, 4.69) is 36.3 Å². The SMILES string of the molecule is CC[C@H]1CN(C)c2cc3c(cc2O1)CCNCC3. The lowest BCUT2D eigenvalue weighted by atomic mass is 10.00. The second kappa shape index (κ2) is 4.81. The largest absolute Gasteiger partial charge is 0.486 e. The van der Waals surface area contributed by atoms with Crippen LogP contribution in [0.2, 0.25) is 0 Å². The van der Waals surface area contributed by atoms with Crippen LogP contribution in [0.4, 0.5) is 5.69 Å². The van der Waals surface area contributed by atoms with Crippen LogP contribution in [0.25, 0.3) is 0 Å². The standard InChI is InChI=1S/C15H22N2O/c1-3-13-10-17(2)14-8-11-4-6-16-7-5-12(11)9-15(14)18-13/h8-9,13,16H,3-7,10H2,1-2H3/t13-/m0/s1. The molecule has 3 heteroatoms. The molecule has 0 unspecified atom stereocenters. The number of nitrogens with one attached hydrogen (secondary N) is 1. The molecule has 0 spiro atoms. The summed E-state index contributed by atoms with van der Waals surface area (Å²) in [6.07, 6.45) is 3.66. The van der Waals surface area contributed by atoms with Gasteiger partial charge in [-0.05, 0) is 55.6 Å². The van der Waals surface area contributed by atoms with Gasteiger partial charge in [-0.25, -0.2) is 0 Å². The molecule has 0 aliphatic carbocycles. The van der Waals surface area contributed by atoms with E-state index in [0.29, 0.717) is 6.10 Å². The topological polar surface area (TPSA) is 24.5 Å². The molecule has 1 N–H and O–H groups in total. The average molecular weight is 246 g/mol. The summed E-state index contributed by atoms with van der Waals surface area (Å²) < 4.78 is 6.10. The molecule has 0 aromatic heterocycles. The Kier molecular flexibility index (Phi) is 3.16. The Balaban J connectivity index is 1.99. The molecule has 2 aliphatic rings. The van der Waals surface area contributed by atoms with Gasteiger partial charge in [0.1, 0.15) is 11.9 Å². The third kappa shape index (κ3) is 2.07. The summed E-state index contributed by atoms with van der Waals surface area (Å²) in [6.45, 7) is 5.37. The van der Waals surface area contributed by atoms with Gasteiger partial charge in [-0.3, -0.25) is 0 Å². The molecule has 0 amide bonds. The zero-order chi connectivity index (χ0) is 12.5. The van der Waals surface area contributed by atoms with Gasteiger partial charge in [-0.15, -0.1) is 0 Å². The van der Waals surface area contributed by atoms with Crippen molar-refractivity contribution in [2.45, 2.75) is 32.3 Å². The smallest absolute Gasteiger partial charge is 0.143 e. The fraction of sp³-hybridized carbons (Fsp3) is 0.600. The van der Waals surface area contributed by atoms with Gasteiger partial charge in [0.05, 0.1) is 12.2 Å². The number of nitrogens with zero attached hydrogens (tertiary/aromatic N) is 1. The quantitative estimate of drug-likeness (QED) is 0.820. The van der Waals surface area contributed by atoms with Crippen LogP contribution in [0.15, 0.2) is 12.1 Å². The van der Waals surface area contributed by atoms with E-state index in [1.807, 2.05) is 0 Å². The minimum Gasteiger partial charge on any atom is -0.486 e. The average Bonchev–Trinajstić information content (AvgIpc) is 2.61. The highest BCUT2D eigenvalue weighted by Gasteiger charge is 2.24. The number of hydrogen-bond donors (Lipinski definition) is 1. The first-order valence-corrected chi connectivity index (χ1v) is 7.02. The Morgan fingerprint density at radius 1 is 1.28 bits per heavy atom. The van der Waals surface area contributed by atoms with Crippen molar-refractivity contribution in [3.8, 4) is 5.75 Å². The lowest BCUT2D eigenvalue weighted by Crippen LogP contribution is -2.37. The molecule has 3 rings (SSSR count). The van der Waals surface area contributed by atoms with E-state index in [1.54, 1.807) is 0 Å². The number of ether oxygens (including phenoxy) is 1. The summed E-state index contributed by atoms with van der Waals surface area (Å²) in [5, 5.41) is 3.46. The second-order valence-corrected chi connectivity index (χ2v) is 5.37. The van der Waals surface area contributed by atoms with Crippen LogP contribution in [0.3, 0.4) is 0 Å². The molecule has 2 aliphatic heterocycles. The third-order valence-corrected chi connectivity index (χ3v) is 4.06. The van der Waals surface area contributed by atoms with Gasteiger partial charge < -0.3 is 15.0 Å². The maximum atomic E-state index is 6.10. The van der Waals surface area contributed by atoms with Crippen LogP contribution in [-0.2, 0) is 12.8 Å². The maximum absolute atomic E-state index is 6.10. The highest BCUT2D eigenvalue weighted by atomic mass is 16.5. The summed E-state index contributed by atoms with van der Waals surface area (Å²) >= 11 is 0. The Morgan fingerprint density at radius 3 is 2.72 bits per heavy atom. The van der Waals surface area contributed by atoms with Gasteiger partial charge in [-0.2, -0.15) is 0 Å². The molecule has 0 saturated carbocycles. The van der Waals surface area contributed by atoms with E-state index in [4.69, 9.17) is 4.74 Å². The minimum atomic E-state index is 0.337. The maximum Gasteiger partial charge on any atom is 0.143 e. The van der Waals surface area contributed by atoms with Crippen molar-refractivity contribution in [2.75, 3.05) is 31.6 Å². The van der Waals surface area contributed by atoms with Crippen molar-refractivity contribution in [3.63, 3.8) is 0 Å².